The van der Waals surface area contributed by atoms with Gasteiger partial charge in [-0.15, -0.1) is 10.2 Å². The molecule has 0 spiro atoms. The zero-order valence-corrected chi connectivity index (χ0v) is 13.4. The summed E-state index contributed by atoms with van der Waals surface area (Å²) in [6.45, 7) is 0.106. The Labute approximate surface area is 139 Å². The van der Waals surface area contributed by atoms with Crippen LogP contribution in [0.25, 0.3) is 11.4 Å². The van der Waals surface area contributed by atoms with Gasteiger partial charge in [0.2, 0.25) is 11.7 Å². The van der Waals surface area contributed by atoms with Gasteiger partial charge in [-0.1, -0.05) is 18.0 Å². The van der Waals surface area contributed by atoms with Crippen molar-refractivity contribution < 1.29 is 4.79 Å². The maximum absolute atomic E-state index is 12.2. The minimum absolute atomic E-state index is 0.0393. The van der Waals surface area contributed by atoms with Gasteiger partial charge in [-0.25, -0.2) is 0 Å². The fraction of sp³-hybridized carbons (Fsp3) is 0.500. The average molecular weight is 332 g/mol. The molecular formula is C16H18ClN5O. The Morgan fingerprint density at radius 2 is 2.09 bits per heavy atom. The van der Waals surface area contributed by atoms with E-state index >= 15 is 0 Å². The van der Waals surface area contributed by atoms with Gasteiger partial charge in [0.15, 0.2) is 0 Å². The molecule has 0 unspecified atom stereocenters. The van der Waals surface area contributed by atoms with Crippen LogP contribution in [-0.4, -0.2) is 32.2 Å². The number of nitrogens with one attached hydrogen (secondary N) is 1. The van der Waals surface area contributed by atoms with Gasteiger partial charge in [0, 0.05) is 16.6 Å². The number of aromatic nitrogens is 4. The summed E-state index contributed by atoms with van der Waals surface area (Å²) in [5, 5.41) is 16.0. The number of tetrazole rings is 1. The summed E-state index contributed by atoms with van der Waals surface area (Å²) in [5.41, 5.74) is 0.828. The lowest BCUT2D eigenvalue weighted by Crippen LogP contribution is -2.40. The molecule has 1 heterocycles. The third-order valence-electron chi connectivity index (χ3n) is 4.92. The number of halogens is 1. The van der Waals surface area contributed by atoms with Crippen molar-refractivity contribution in [2.45, 2.75) is 38.3 Å². The molecule has 2 bridgehead atoms. The largest absolute Gasteiger partial charge is 0.351 e. The topological polar surface area (TPSA) is 72.7 Å². The van der Waals surface area contributed by atoms with Gasteiger partial charge in [0.25, 0.3) is 0 Å². The van der Waals surface area contributed by atoms with E-state index in [4.69, 9.17) is 11.6 Å². The van der Waals surface area contributed by atoms with Crippen molar-refractivity contribution in [2.24, 2.45) is 11.8 Å². The molecule has 1 N–H and O–H groups in total. The molecule has 7 heteroatoms. The number of hydrogen-bond acceptors (Lipinski definition) is 4. The second kappa shape index (κ2) is 5.92. The number of carbonyl (C=O) groups is 1. The van der Waals surface area contributed by atoms with Gasteiger partial charge in [0.05, 0.1) is 0 Å². The van der Waals surface area contributed by atoms with Crippen molar-refractivity contribution in [3.05, 3.63) is 29.3 Å². The fourth-order valence-electron chi connectivity index (χ4n) is 3.83. The molecule has 0 aliphatic heterocycles. The second-order valence-corrected chi connectivity index (χ2v) is 6.94. The lowest BCUT2D eigenvalue weighted by molar-refractivity contribution is -0.123. The number of benzene rings is 1. The van der Waals surface area contributed by atoms with Crippen LogP contribution in [0.5, 0.6) is 0 Å². The smallest absolute Gasteiger partial charge is 0.243 e. The molecule has 0 radical (unpaired) electrons. The van der Waals surface area contributed by atoms with Crippen LogP contribution in [0.3, 0.4) is 0 Å². The van der Waals surface area contributed by atoms with E-state index in [2.05, 4.69) is 20.7 Å². The molecule has 3 atom stereocenters. The molecule has 2 aliphatic carbocycles. The number of carbonyl (C=O) groups excluding carboxylic acids is 1. The molecule has 1 aromatic heterocycles. The van der Waals surface area contributed by atoms with Crippen molar-refractivity contribution >= 4 is 17.5 Å². The van der Waals surface area contributed by atoms with Crippen LogP contribution in [0.4, 0.5) is 0 Å². The summed E-state index contributed by atoms with van der Waals surface area (Å²) in [6.07, 6.45) is 4.97. The predicted molar refractivity (Wildman–Crippen MR) is 85.6 cm³/mol. The van der Waals surface area contributed by atoms with Crippen molar-refractivity contribution in [1.82, 2.24) is 25.5 Å². The van der Waals surface area contributed by atoms with E-state index in [0.717, 1.165) is 17.9 Å². The van der Waals surface area contributed by atoms with Crippen LogP contribution >= 0.6 is 11.6 Å². The first kappa shape index (κ1) is 14.6. The molecule has 1 aromatic carbocycles. The lowest BCUT2D eigenvalue weighted by Gasteiger charge is -2.22. The van der Waals surface area contributed by atoms with Gasteiger partial charge in [0.1, 0.15) is 6.54 Å². The van der Waals surface area contributed by atoms with E-state index in [-0.39, 0.29) is 12.5 Å². The Hall–Kier alpha value is -1.95. The normalized spacial score (nSPS) is 25.7. The number of amides is 1. The van der Waals surface area contributed by atoms with Gasteiger partial charge in [-0.3, -0.25) is 4.79 Å². The maximum atomic E-state index is 12.2. The summed E-state index contributed by atoms with van der Waals surface area (Å²) in [4.78, 5) is 13.5. The first-order chi connectivity index (χ1) is 11.2. The van der Waals surface area contributed by atoms with E-state index in [0.29, 0.717) is 22.8 Å². The minimum atomic E-state index is -0.0393. The SMILES string of the molecule is O=C(Cn1nnc(-c2ccc(Cl)cc2)n1)N[C@@H]1C[C@H]2CC[C@@H]1C2. The summed E-state index contributed by atoms with van der Waals surface area (Å²) >= 11 is 5.87. The van der Waals surface area contributed by atoms with E-state index in [9.17, 15) is 4.79 Å². The number of rotatable bonds is 4. The van der Waals surface area contributed by atoms with Crippen LogP contribution in [0, 0.1) is 11.8 Å². The quantitative estimate of drug-likeness (QED) is 0.933. The molecule has 1 amide bonds. The van der Waals surface area contributed by atoms with Crippen LogP contribution < -0.4 is 5.32 Å². The molecule has 6 nitrogen and oxygen atoms in total. The maximum Gasteiger partial charge on any atom is 0.243 e. The highest BCUT2D eigenvalue weighted by atomic mass is 35.5. The van der Waals surface area contributed by atoms with E-state index in [1.165, 1.54) is 24.1 Å². The predicted octanol–water partition coefficient (Wildman–Crippen LogP) is 2.30. The van der Waals surface area contributed by atoms with E-state index in [1.807, 2.05) is 12.1 Å². The Balaban J connectivity index is 1.37. The van der Waals surface area contributed by atoms with Crippen LogP contribution in [0.1, 0.15) is 25.7 Å². The van der Waals surface area contributed by atoms with Gasteiger partial charge < -0.3 is 5.32 Å². The highest BCUT2D eigenvalue weighted by molar-refractivity contribution is 6.30. The lowest BCUT2D eigenvalue weighted by atomic mass is 9.95. The van der Waals surface area contributed by atoms with Crippen molar-refractivity contribution in [3.8, 4) is 11.4 Å². The number of fused-ring (bicyclic) bond motifs is 2. The first-order valence-corrected chi connectivity index (χ1v) is 8.38. The highest BCUT2D eigenvalue weighted by Gasteiger charge is 2.40. The molecule has 2 saturated carbocycles. The fourth-order valence-corrected chi connectivity index (χ4v) is 3.95. The molecule has 2 fully saturated rings. The molecule has 120 valence electrons. The van der Waals surface area contributed by atoms with E-state index in [1.54, 1.807) is 12.1 Å². The van der Waals surface area contributed by atoms with Gasteiger partial charge in [-0.2, -0.15) is 4.80 Å². The third-order valence-corrected chi connectivity index (χ3v) is 5.18. The number of nitrogens with zero attached hydrogens (tertiary/aromatic N) is 4. The average Bonchev–Trinajstić information content (AvgIpc) is 3.24. The van der Waals surface area contributed by atoms with Crippen LogP contribution in [-0.2, 0) is 11.3 Å². The van der Waals surface area contributed by atoms with Crippen molar-refractivity contribution in [2.75, 3.05) is 0 Å². The molecule has 2 aliphatic rings. The second-order valence-electron chi connectivity index (χ2n) is 6.50. The third kappa shape index (κ3) is 3.08. The van der Waals surface area contributed by atoms with E-state index < -0.39 is 0 Å². The summed E-state index contributed by atoms with van der Waals surface area (Å²) in [6, 6.07) is 7.55. The standard InChI is InChI=1S/C16H18ClN5O/c17-13-5-3-11(4-6-13)16-19-21-22(20-16)9-15(23)18-14-8-10-1-2-12(14)7-10/h3-6,10,12,14H,1-2,7-9H2,(H,18,23)/t10-,12+,14+/m0/s1. The molecular weight excluding hydrogens is 314 g/mol. The Bertz CT molecular complexity index is 714. The van der Waals surface area contributed by atoms with Gasteiger partial charge >= 0.3 is 0 Å². The van der Waals surface area contributed by atoms with Gasteiger partial charge in [-0.05, 0) is 60.6 Å². The zero-order valence-electron chi connectivity index (χ0n) is 12.7. The molecule has 2 aromatic rings. The summed E-state index contributed by atoms with van der Waals surface area (Å²) in [5.74, 6) is 1.93. The van der Waals surface area contributed by atoms with Crippen molar-refractivity contribution in [1.29, 1.82) is 0 Å². The molecule has 0 saturated heterocycles. The monoisotopic (exact) mass is 331 g/mol. The Morgan fingerprint density at radius 3 is 2.78 bits per heavy atom. The minimum Gasteiger partial charge on any atom is -0.351 e. The Kier molecular flexibility index (Phi) is 3.77. The Morgan fingerprint density at radius 1 is 1.26 bits per heavy atom. The van der Waals surface area contributed by atoms with Crippen molar-refractivity contribution in [3.63, 3.8) is 0 Å². The van der Waals surface area contributed by atoms with Crippen LogP contribution in [0.2, 0.25) is 5.02 Å². The first-order valence-electron chi connectivity index (χ1n) is 8.00. The highest BCUT2D eigenvalue weighted by Crippen LogP contribution is 2.44. The zero-order chi connectivity index (χ0) is 15.8. The number of hydrogen-bond donors (Lipinski definition) is 1. The summed E-state index contributed by atoms with van der Waals surface area (Å²) < 4.78 is 0. The summed E-state index contributed by atoms with van der Waals surface area (Å²) in [7, 11) is 0. The van der Waals surface area contributed by atoms with Crippen LogP contribution in [0.15, 0.2) is 24.3 Å². The molecule has 23 heavy (non-hydrogen) atoms. The molecule has 4 rings (SSSR count).